The zero-order valence-electron chi connectivity index (χ0n) is 27.6. The van der Waals surface area contributed by atoms with Crippen LogP contribution in [0.2, 0.25) is 5.28 Å². The molecule has 1 aliphatic rings. The van der Waals surface area contributed by atoms with Gasteiger partial charge < -0.3 is 7.58 Å². The lowest BCUT2D eigenvalue weighted by molar-refractivity contribution is 0.402. The molecule has 0 aromatic heterocycles. The maximum absolute atomic E-state index is 7.02. The molecule has 0 aliphatic carbocycles. The predicted octanol–water partition coefficient (Wildman–Crippen LogP) is 9.08. The second-order valence-electron chi connectivity index (χ2n) is 15.4. The molecular weight excluding hydrogens is 507 g/mol. The molecule has 0 N–H and O–H groups in total. The van der Waals surface area contributed by atoms with Crippen LogP contribution in [0.4, 0.5) is 0 Å². The van der Waals surface area contributed by atoms with Gasteiger partial charge in [0.2, 0.25) is 0 Å². The van der Waals surface area contributed by atoms with E-state index in [1.54, 1.807) is 0 Å². The number of hydrogen-bond acceptors (Lipinski definition) is 4. The minimum absolute atomic E-state index is 0.0140. The lowest BCUT2D eigenvalue weighted by atomic mass is 9.79. The Morgan fingerprint density at radius 2 is 0.975 bits per heavy atom. The van der Waals surface area contributed by atoms with Gasteiger partial charge in [0.05, 0.1) is 11.5 Å². The Bertz CT molecular complexity index is 1150. The van der Waals surface area contributed by atoms with Gasteiger partial charge in [-0.3, -0.25) is 9.98 Å². The van der Waals surface area contributed by atoms with Crippen molar-refractivity contribution in [3.8, 4) is 11.5 Å². The molecule has 0 bridgehead atoms. The van der Waals surface area contributed by atoms with Gasteiger partial charge in [-0.25, -0.2) is 0 Å². The van der Waals surface area contributed by atoms with Crippen LogP contribution in [0.5, 0.6) is 11.5 Å². The number of fused-ring (bicyclic) bond motifs is 2. The summed E-state index contributed by atoms with van der Waals surface area (Å²) in [7, 11) is 0. The fourth-order valence-corrected chi connectivity index (χ4v) is 6.20. The maximum Gasteiger partial charge on any atom is 0.856 e. The number of nitrogens with zero attached hydrogens (tertiary/aromatic N) is 2. The van der Waals surface area contributed by atoms with Gasteiger partial charge in [0.1, 0.15) is 0 Å². The van der Waals surface area contributed by atoms with Crippen LogP contribution in [-0.2, 0) is 21.7 Å². The third-order valence-electron chi connectivity index (χ3n) is 7.45. The first-order valence-corrected chi connectivity index (χ1v) is 16.8. The monoisotopic (exact) mass is 560 g/mol. The summed E-state index contributed by atoms with van der Waals surface area (Å²) in [6.45, 7) is 30.8. The number of aliphatic imine (C=N–C) groups is 2. The van der Waals surface area contributed by atoms with Gasteiger partial charge >= 0.3 is 14.8 Å². The van der Waals surface area contributed by atoms with Crippen molar-refractivity contribution in [3.63, 3.8) is 0 Å². The van der Waals surface area contributed by atoms with Gasteiger partial charge in [-0.15, -0.1) is 0 Å². The molecule has 3 rings (SSSR count). The molecule has 0 amide bonds. The molecule has 0 unspecified atom stereocenters. The first kappa shape index (κ1) is 32.4. The van der Waals surface area contributed by atoms with E-state index in [4.69, 9.17) is 17.6 Å². The van der Waals surface area contributed by atoms with Crippen LogP contribution in [0.3, 0.4) is 0 Å². The van der Waals surface area contributed by atoms with E-state index in [1.807, 2.05) is 12.4 Å². The van der Waals surface area contributed by atoms with Crippen molar-refractivity contribution in [2.45, 2.75) is 123 Å². The Kier molecular flexibility index (Phi) is 9.75. The predicted molar refractivity (Wildman–Crippen MR) is 175 cm³/mol. The number of hydrogen-bond donors (Lipinski definition) is 0. The average molecular weight is 561 g/mol. The van der Waals surface area contributed by atoms with Crippen LogP contribution in [-0.4, -0.2) is 40.3 Å². The highest BCUT2D eigenvalue weighted by molar-refractivity contribution is 6.46. The Balaban J connectivity index is 2.28. The van der Waals surface area contributed by atoms with Crippen LogP contribution in [0.1, 0.15) is 130 Å². The smallest absolute Gasteiger partial charge is 0.611 e. The largest absolute Gasteiger partial charge is 0.856 e. The Morgan fingerprint density at radius 1 is 0.600 bits per heavy atom. The highest BCUT2D eigenvalue weighted by atomic mass is 27.2. The summed E-state index contributed by atoms with van der Waals surface area (Å²) in [6.07, 6.45) is 4.92. The van der Waals surface area contributed by atoms with Crippen LogP contribution in [0, 0.1) is 0 Å². The van der Waals surface area contributed by atoms with E-state index in [0.29, 0.717) is 0 Å². The van der Waals surface area contributed by atoms with Gasteiger partial charge in [0, 0.05) is 36.6 Å². The highest BCUT2D eigenvalue weighted by Gasteiger charge is 2.37. The zero-order chi connectivity index (χ0) is 30.1. The van der Waals surface area contributed by atoms with Crippen molar-refractivity contribution >= 4 is 27.2 Å². The van der Waals surface area contributed by atoms with Gasteiger partial charge in [-0.1, -0.05) is 102 Å². The maximum atomic E-state index is 7.02. The third kappa shape index (κ3) is 8.01. The van der Waals surface area contributed by atoms with E-state index in [2.05, 4.69) is 114 Å². The molecule has 1 aliphatic heterocycles. The van der Waals surface area contributed by atoms with Crippen LogP contribution in [0.15, 0.2) is 34.3 Å². The van der Waals surface area contributed by atoms with Crippen molar-refractivity contribution in [1.82, 2.24) is 0 Å². The van der Waals surface area contributed by atoms with Crippen molar-refractivity contribution in [3.05, 3.63) is 57.6 Å². The van der Waals surface area contributed by atoms with E-state index >= 15 is 0 Å². The van der Waals surface area contributed by atoms with E-state index in [-0.39, 0.29) is 21.7 Å². The first-order valence-electron chi connectivity index (χ1n) is 15.0. The molecule has 5 heteroatoms. The Hall–Kier alpha value is -2.09. The summed E-state index contributed by atoms with van der Waals surface area (Å²) in [5.41, 5.74) is 6.94. The fourth-order valence-electron chi connectivity index (χ4n) is 4.77. The van der Waals surface area contributed by atoms with Crippen LogP contribution in [0.25, 0.3) is 0 Å². The quantitative estimate of drug-likeness (QED) is 0.327. The molecule has 0 radical (unpaired) electrons. The molecule has 1 heterocycles. The minimum atomic E-state index is -2.20. The van der Waals surface area contributed by atoms with Crippen molar-refractivity contribution < 1.29 is 7.58 Å². The molecule has 0 saturated heterocycles. The van der Waals surface area contributed by atoms with Crippen molar-refractivity contribution in [2.24, 2.45) is 9.98 Å². The Labute approximate surface area is 249 Å². The summed E-state index contributed by atoms with van der Waals surface area (Å²) in [5.74, 6) is 1.86. The zero-order valence-corrected chi connectivity index (χ0v) is 28.7. The van der Waals surface area contributed by atoms with Crippen LogP contribution >= 0.6 is 0 Å². The normalized spacial score (nSPS) is 15.6. The summed E-state index contributed by atoms with van der Waals surface area (Å²) < 4.78 is 14.0. The van der Waals surface area contributed by atoms with Crippen molar-refractivity contribution in [2.75, 3.05) is 13.1 Å². The molecule has 0 atom stereocenters. The molecule has 40 heavy (non-hydrogen) atoms. The third-order valence-corrected chi connectivity index (χ3v) is 9.11. The van der Waals surface area contributed by atoms with E-state index in [0.717, 1.165) is 47.4 Å². The standard InChI is InChI=1S/C33H50N2O2.C2H5.Al/c1-30(2,3)24-16-22(28(36)26(18-24)32(7,8)9)20-34-14-13-15-35-21-23-17-25(31(4,5)6)19-27(29(23)37)33(10,11)12;1-2;/h16-21,36-37H,13-15H2,1-12H3;1H2,2H3;/q;;+2/p-2. The number of benzene rings is 2. The SMILES string of the molecule is C[CH2][Al]1[O]c2c(cc(C(C)(C)C)cc2C(C)(C)C)C=NCCCN=Cc2cc(C(C)(C)C)cc(C(C)(C)C)c2[O]1. The first-order chi connectivity index (χ1) is 18.3. The van der Waals surface area contributed by atoms with Gasteiger partial charge in [-0.05, 0) is 67.8 Å². The summed E-state index contributed by atoms with van der Waals surface area (Å²) in [4.78, 5) is 9.66. The number of rotatable bonds is 1. The molecule has 0 fully saturated rings. The molecule has 2 aromatic carbocycles. The molecular formula is C35H53AlN2O2. The van der Waals surface area contributed by atoms with E-state index < -0.39 is 14.8 Å². The van der Waals surface area contributed by atoms with Crippen LogP contribution < -0.4 is 7.58 Å². The molecule has 2 aromatic rings. The molecule has 4 nitrogen and oxygen atoms in total. The average Bonchev–Trinajstić information content (AvgIpc) is 2.80. The minimum Gasteiger partial charge on any atom is -0.611 e. The molecule has 0 spiro atoms. The highest BCUT2D eigenvalue weighted by Crippen LogP contribution is 2.41. The Morgan fingerprint density at radius 3 is 1.27 bits per heavy atom. The summed E-state index contributed by atoms with van der Waals surface area (Å²) in [6, 6.07) is 9.22. The second kappa shape index (κ2) is 12.0. The fraction of sp³-hybridized carbons (Fsp3) is 0.600. The second-order valence-corrected chi connectivity index (χ2v) is 17.5. The van der Waals surface area contributed by atoms with Crippen molar-refractivity contribution in [1.29, 1.82) is 0 Å². The molecule has 0 saturated carbocycles. The molecule has 218 valence electrons. The topological polar surface area (TPSA) is 43.2 Å². The van der Waals surface area contributed by atoms with Gasteiger partial charge in [0.15, 0.2) is 0 Å². The lowest BCUT2D eigenvalue weighted by Gasteiger charge is -2.32. The van der Waals surface area contributed by atoms with E-state index in [1.165, 1.54) is 22.3 Å². The van der Waals surface area contributed by atoms with Gasteiger partial charge in [-0.2, -0.15) is 0 Å². The summed E-state index contributed by atoms with van der Waals surface area (Å²) in [5, 5.41) is 0.836. The summed E-state index contributed by atoms with van der Waals surface area (Å²) >= 11 is -2.20. The van der Waals surface area contributed by atoms with Gasteiger partial charge in [0.25, 0.3) is 0 Å². The van der Waals surface area contributed by atoms with E-state index in [9.17, 15) is 0 Å². The lowest BCUT2D eigenvalue weighted by Crippen LogP contribution is -2.33.